The summed E-state index contributed by atoms with van der Waals surface area (Å²) in [5.41, 5.74) is 1.58. The van der Waals surface area contributed by atoms with E-state index in [1.807, 2.05) is 0 Å². The molecular weight excluding hydrogens is 230 g/mol. The molecule has 0 aliphatic rings. The SMILES string of the molecule is Cc1nonc1CSc1nnc(C)c(=O)[nH]1. The third-order valence-corrected chi connectivity index (χ3v) is 2.81. The van der Waals surface area contributed by atoms with Gasteiger partial charge in [0.1, 0.15) is 17.1 Å². The summed E-state index contributed by atoms with van der Waals surface area (Å²) in [6.07, 6.45) is 0. The second-order valence-electron chi connectivity index (χ2n) is 3.13. The molecule has 0 saturated heterocycles. The first-order chi connectivity index (χ1) is 7.66. The Morgan fingerprint density at radius 2 is 2.06 bits per heavy atom. The Morgan fingerprint density at radius 1 is 1.25 bits per heavy atom. The fourth-order valence-corrected chi connectivity index (χ4v) is 1.76. The van der Waals surface area contributed by atoms with Crippen LogP contribution in [0.5, 0.6) is 0 Å². The van der Waals surface area contributed by atoms with Gasteiger partial charge in [-0.3, -0.25) is 9.78 Å². The number of hydrogen-bond donors (Lipinski definition) is 1. The summed E-state index contributed by atoms with van der Waals surface area (Å²) in [4.78, 5) is 13.9. The third kappa shape index (κ3) is 2.27. The summed E-state index contributed by atoms with van der Waals surface area (Å²) in [5, 5.41) is 15.4. The Bertz CT molecular complexity index is 549. The second kappa shape index (κ2) is 4.44. The van der Waals surface area contributed by atoms with E-state index in [1.54, 1.807) is 13.8 Å². The molecule has 0 radical (unpaired) electrons. The van der Waals surface area contributed by atoms with Crippen molar-refractivity contribution in [3.05, 3.63) is 27.4 Å². The molecule has 0 aliphatic carbocycles. The van der Waals surface area contributed by atoms with Crippen molar-refractivity contribution >= 4 is 11.8 Å². The minimum Gasteiger partial charge on any atom is -0.298 e. The molecule has 7 nitrogen and oxygen atoms in total. The molecule has 8 heteroatoms. The maximum Gasteiger partial charge on any atom is 0.273 e. The van der Waals surface area contributed by atoms with Crippen molar-refractivity contribution in [2.75, 3.05) is 0 Å². The van der Waals surface area contributed by atoms with Gasteiger partial charge in [0.05, 0.1) is 0 Å². The molecule has 0 spiro atoms. The summed E-state index contributed by atoms with van der Waals surface area (Å²) < 4.78 is 4.56. The number of aromatic nitrogens is 5. The zero-order valence-electron chi connectivity index (χ0n) is 8.72. The van der Waals surface area contributed by atoms with Gasteiger partial charge in [-0.1, -0.05) is 22.1 Å². The van der Waals surface area contributed by atoms with E-state index in [2.05, 4.69) is 30.1 Å². The Balaban J connectivity index is 2.08. The van der Waals surface area contributed by atoms with Crippen LogP contribution in [0.1, 0.15) is 17.1 Å². The first kappa shape index (κ1) is 10.8. The molecule has 0 amide bonds. The normalized spacial score (nSPS) is 10.6. The number of thioether (sulfide) groups is 1. The van der Waals surface area contributed by atoms with Crippen LogP contribution in [-0.2, 0) is 5.75 Å². The first-order valence-corrected chi connectivity index (χ1v) is 5.50. The Kier molecular flexibility index (Phi) is 3.00. The van der Waals surface area contributed by atoms with Crippen LogP contribution in [0.2, 0.25) is 0 Å². The van der Waals surface area contributed by atoms with E-state index in [1.165, 1.54) is 11.8 Å². The van der Waals surface area contributed by atoms with Gasteiger partial charge < -0.3 is 0 Å². The van der Waals surface area contributed by atoms with E-state index in [0.717, 1.165) is 11.4 Å². The number of H-pyrrole nitrogens is 1. The van der Waals surface area contributed by atoms with Gasteiger partial charge >= 0.3 is 0 Å². The summed E-state index contributed by atoms with van der Waals surface area (Å²) in [5.74, 6) is 0.531. The van der Waals surface area contributed by atoms with E-state index in [0.29, 0.717) is 16.6 Å². The van der Waals surface area contributed by atoms with E-state index >= 15 is 0 Å². The van der Waals surface area contributed by atoms with E-state index in [-0.39, 0.29) is 5.56 Å². The van der Waals surface area contributed by atoms with Crippen molar-refractivity contribution < 1.29 is 4.63 Å². The van der Waals surface area contributed by atoms with E-state index in [4.69, 9.17) is 0 Å². The Morgan fingerprint density at radius 3 is 2.69 bits per heavy atom. The van der Waals surface area contributed by atoms with Crippen LogP contribution in [0.3, 0.4) is 0 Å². The zero-order valence-corrected chi connectivity index (χ0v) is 9.54. The highest BCUT2D eigenvalue weighted by Gasteiger charge is 2.07. The minimum absolute atomic E-state index is 0.229. The lowest BCUT2D eigenvalue weighted by molar-refractivity contribution is 0.302. The van der Waals surface area contributed by atoms with Crippen LogP contribution >= 0.6 is 11.8 Å². The van der Waals surface area contributed by atoms with Crippen LogP contribution in [0, 0.1) is 13.8 Å². The fourth-order valence-electron chi connectivity index (χ4n) is 0.961. The standard InChI is InChI=1S/C8H9N5O2S/c1-4-6(13-15-12-4)3-16-8-9-7(14)5(2)10-11-8/h3H2,1-2H3,(H,9,11,14). The largest absolute Gasteiger partial charge is 0.298 e. The highest BCUT2D eigenvalue weighted by atomic mass is 32.2. The average Bonchev–Trinajstić information content (AvgIpc) is 2.66. The summed E-state index contributed by atoms with van der Waals surface area (Å²) in [7, 11) is 0. The van der Waals surface area contributed by atoms with Gasteiger partial charge in [0.25, 0.3) is 5.56 Å². The molecule has 0 bridgehead atoms. The lowest BCUT2D eigenvalue weighted by atomic mass is 10.4. The molecule has 0 fully saturated rings. The van der Waals surface area contributed by atoms with Crippen LogP contribution in [0.4, 0.5) is 0 Å². The Labute approximate surface area is 94.6 Å². The van der Waals surface area contributed by atoms with Crippen molar-refractivity contribution in [3.63, 3.8) is 0 Å². The lowest BCUT2D eigenvalue weighted by Crippen LogP contribution is -2.14. The fraction of sp³-hybridized carbons (Fsp3) is 0.375. The van der Waals surface area contributed by atoms with Crippen LogP contribution in [-0.4, -0.2) is 25.5 Å². The summed E-state index contributed by atoms with van der Waals surface area (Å²) in [6, 6.07) is 0. The van der Waals surface area contributed by atoms with Crippen molar-refractivity contribution in [2.24, 2.45) is 0 Å². The number of nitrogens with zero attached hydrogens (tertiary/aromatic N) is 4. The van der Waals surface area contributed by atoms with Gasteiger partial charge in [0, 0.05) is 5.75 Å². The van der Waals surface area contributed by atoms with E-state index in [9.17, 15) is 4.79 Å². The maximum atomic E-state index is 11.3. The molecular formula is C8H9N5O2S. The van der Waals surface area contributed by atoms with Gasteiger partial charge in [-0.25, -0.2) is 4.63 Å². The van der Waals surface area contributed by atoms with Gasteiger partial charge in [-0.15, -0.1) is 10.2 Å². The lowest BCUT2D eigenvalue weighted by Gasteiger charge is -1.97. The third-order valence-electron chi connectivity index (χ3n) is 1.93. The van der Waals surface area contributed by atoms with Crippen molar-refractivity contribution in [1.29, 1.82) is 0 Å². The van der Waals surface area contributed by atoms with Gasteiger partial charge in [-0.05, 0) is 13.8 Å². The van der Waals surface area contributed by atoms with Crippen LogP contribution in [0.15, 0.2) is 14.6 Å². The topological polar surface area (TPSA) is 97.6 Å². The molecule has 0 aromatic carbocycles. The molecule has 0 saturated carbocycles. The summed E-state index contributed by atoms with van der Waals surface area (Å²) >= 11 is 1.32. The van der Waals surface area contributed by atoms with Gasteiger partial charge in [-0.2, -0.15) is 0 Å². The smallest absolute Gasteiger partial charge is 0.273 e. The number of rotatable bonds is 3. The quantitative estimate of drug-likeness (QED) is 0.777. The zero-order chi connectivity index (χ0) is 11.5. The average molecular weight is 239 g/mol. The van der Waals surface area contributed by atoms with Crippen molar-refractivity contribution in [1.82, 2.24) is 25.5 Å². The second-order valence-corrected chi connectivity index (χ2v) is 4.09. The molecule has 2 aromatic rings. The maximum absolute atomic E-state index is 11.3. The predicted molar refractivity (Wildman–Crippen MR) is 56.0 cm³/mol. The number of nitrogens with one attached hydrogen (secondary N) is 1. The van der Waals surface area contributed by atoms with Gasteiger partial charge in [0.15, 0.2) is 5.16 Å². The van der Waals surface area contributed by atoms with Gasteiger partial charge in [0.2, 0.25) is 0 Å². The molecule has 0 unspecified atom stereocenters. The molecule has 0 aliphatic heterocycles. The molecule has 1 N–H and O–H groups in total. The van der Waals surface area contributed by atoms with Crippen molar-refractivity contribution in [2.45, 2.75) is 24.8 Å². The highest BCUT2D eigenvalue weighted by Crippen LogP contribution is 2.17. The van der Waals surface area contributed by atoms with Crippen LogP contribution in [0.25, 0.3) is 0 Å². The molecule has 2 aromatic heterocycles. The molecule has 16 heavy (non-hydrogen) atoms. The number of aromatic amines is 1. The predicted octanol–water partition coefficient (Wildman–Crippen LogP) is 0.457. The first-order valence-electron chi connectivity index (χ1n) is 4.51. The highest BCUT2D eigenvalue weighted by molar-refractivity contribution is 7.98. The number of hydrogen-bond acceptors (Lipinski definition) is 7. The summed E-state index contributed by atoms with van der Waals surface area (Å²) in [6.45, 7) is 3.40. The monoisotopic (exact) mass is 239 g/mol. The molecule has 84 valence electrons. The van der Waals surface area contributed by atoms with Crippen LogP contribution < -0.4 is 5.56 Å². The Hall–Kier alpha value is -1.70. The molecule has 2 rings (SSSR count). The number of aryl methyl sites for hydroxylation is 2. The van der Waals surface area contributed by atoms with Crippen molar-refractivity contribution in [3.8, 4) is 0 Å². The minimum atomic E-state index is -0.229. The molecule has 2 heterocycles. The van der Waals surface area contributed by atoms with E-state index < -0.39 is 0 Å². The molecule has 0 atom stereocenters.